The van der Waals surface area contributed by atoms with Gasteiger partial charge in [-0.15, -0.1) is 0 Å². The molecule has 1 aromatic carbocycles. The fourth-order valence-electron chi connectivity index (χ4n) is 2.20. The second kappa shape index (κ2) is 7.44. The SMILES string of the molecule is COC(=O)c1ccc(CN2C(=O)OC[C@H]2C(=O)NCC(N)=O)cc1. The number of nitrogens with two attached hydrogens (primary N) is 1. The van der Waals surface area contributed by atoms with E-state index in [4.69, 9.17) is 10.5 Å². The second-order valence-electron chi connectivity index (χ2n) is 5.09. The van der Waals surface area contributed by atoms with E-state index < -0.39 is 29.9 Å². The van der Waals surface area contributed by atoms with E-state index in [0.717, 1.165) is 0 Å². The van der Waals surface area contributed by atoms with Gasteiger partial charge in [0.2, 0.25) is 11.8 Å². The highest BCUT2D eigenvalue weighted by atomic mass is 16.6. The van der Waals surface area contributed by atoms with Crippen LogP contribution in [0, 0.1) is 0 Å². The lowest BCUT2D eigenvalue weighted by Crippen LogP contribution is -2.47. The Hall–Kier alpha value is -3.10. The molecule has 3 amide bonds. The molecule has 2 rings (SSSR count). The molecule has 24 heavy (non-hydrogen) atoms. The Balaban J connectivity index is 2.05. The van der Waals surface area contributed by atoms with Gasteiger partial charge in [0, 0.05) is 0 Å². The average molecular weight is 335 g/mol. The minimum absolute atomic E-state index is 0.107. The number of cyclic esters (lactones) is 1. The fraction of sp³-hybridized carbons (Fsp3) is 0.333. The van der Waals surface area contributed by atoms with Gasteiger partial charge in [0.1, 0.15) is 12.6 Å². The topological polar surface area (TPSA) is 128 Å². The molecule has 9 nitrogen and oxygen atoms in total. The summed E-state index contributed by atoms with van der Waals surface area (Å²) in [6, 6.07) is 5.57. The summed E-state index contributed by atoms with van der Waals surface area (Å²) >= 11 is 0. The first-order chi connectivity index (χ1) is 11.4. The van der Waals surface area contributed by atoms with Crippen LogP contribution in [-0.2, 0) is 25.6 Å². The Labute approximate surface area is 137 Å². The quantitative estimate of drug-likeness (QED) is 0.668. The highest BCUT2D eigenvalue weighted by molar-refractivity contribution is 5.91. The number of nitrogens with one attached hydrogen (secondary N) is 1. The highest BCUT2D eigenvalue weighted by Gasteiger charge is 2.38. The van der Waals surface area contributed by atoms with E-state index in [2.05, 4.69) is 10.1 Å². The number of amides is 3. The molecule has 1 aliphatic heterocycles. The maximum absolute atomic E-state index is 12.0. The van der Waals surface area contributed by atoms with Crippen molar-refractivity contribution in [2.75, 3.05) is 20.3 Å². The molecule has 0 spiro atoms. The third kappa shape index (κ3) is 4.00. The minimum Gasteiger partial charge on any atom is -0.465 e. The number of carbonyl (C=O) groups excluding carboxylic acids is 4. The number of ether oxygens (including phenoxy) is 2. The number of methoxy groups -OCH3 is 1. The summed E-state index contributed by atoms with van der Waals surface area (Å²) in [5.74, 6) is -1.67. The van der Waals surface area contributed by atoms with Crippen LogP contribution in [0.1, 0.15) is 15.9 Å². The molecule has 0 bridgehead atoms. The normalized spacial score (nSPS) is 16.5. The van der Waals surface area contributed by atoms with Crippen molar-refractivity contribution in [3.8, 4) is 0 Å². The number of rotatable bonds is 6. The Bertz CT molecular complexity index is 658. The molecule has 9 heteroatoms. The number of nitrogens with zero attached hydrogens (tertiary/aromatic N) is 1. The van der Waals surface area contributed by atoms with Gasteiger partial charge in [-0.3, -0.25) is 14.5 Å². The van der Waals surface area contributed by atoms with Gasteiger partial charge in [-0.1, -0.05) is 12.1 Å². The molecule has 0 aliphatic carbocycles. The maximum atomic E-state index is 12.0. The lowest BCUT2D eigenvalue weighted by Gasteiger charge is -2.20. The molecule has 0 radical (unpaired) electrons. The standard InChI is InChI=1S/C15H17N3O6/c1-23-14(21)10-4-2-9(3-5-10)7-18-11(8-24-15(18)22)13(20)17-6-12(16)19/h2-5,11H,6-8H2,1H3,(H2,16,19)(H,17,20)/t11-/m0/s1. The van der Waals surface area contributed by atoms with Crippen molar-refractivity contribution in [2.24, 2.45) is 5.73 Å². The van der Waals surface area contributed by atoms with Gasteiger partial charge in [0.05, 0.1) is 25.8 Å². The number of primary amides is 1. The molecule has 0 saturated carbocycles. The van der Waals surface area contributed by atoms with Gasteiger partial charge in [-0.2, -0.15) is 0 Å². The first-order valence-electron chi connectivity index (χ1n) is 7.09. The van der Waals surface area contributed by atoms with Crippen molar-refractivity contribution in [2.45, 2.75) is 12.6 Å². The molecule has 128 valence electrons. The van der Waals surface area contributed by atoms with Crippen LogP contribution < -0.4 is 11.1 Å². The summed E-state index contributed by atoms with van der Waals surface area (Å²) in [5, 5.41) is 2.34. The van der Waals surface area contributed by atoms with Gasteiger partial charge < -0.3 is 20.5 Å². The van der Waals surface area contributed by atoms with Crippen molar-refractivity contribution in [1.82, 2.24) is 10.2 Å². The van der Waals surface area contributed by atoms with Crippen LogP contribution in [0.2, 0.25) is 0 Å². The van der Waals surface area contributed by atoms with Crippen molar-refractivity contribution in [1.29, 1.82) is 0 Å². The van der Waals surface area contributed by atoms with Gasteiger partial charge in [0.15, 0.2) is 0 Å². The first-order valence-corrected chi connectivity index (χ1v) is 7.09. The third-order valence-electron chi connectivity index (χ3n) is 3.44. The number of esters is 1. The first kappa shape index (κ1) is 17.3. The molecule has 1 aromatic rings. The Morgan fingerprint density at radius 1 is 1.33 bits per heavy atom. The molecule has 3 N–H and O–H groups in total. The number of hydrogen-bond donors (Lipinski definition) is 2. The van der Waals surface area contributed by atoms with Gasteiger partial charge >= 0.3 is 12.1 Å². The van der Waals surface area contributed by atoms with Crippen molar-refractivity contribution < 1.29 is 28.7 Å². The van der Waals surface area contributed by atoms with E-state index in [-0.39, 0.29) is 19.7 Å². The highest BCUT2D eigenvalue weighted by Crippen LogP contribution is 2.17. The minimum atomic E-state index is -0.850. The zero-order chi connectivity index (χ0) is 17.7. The van der Waals surface area contributed by atoms with Gasteiger partial charge in [-0.05, 0) is 17.7 Å². The molecule has 1 aliphatic rings. The molecule has 1 heterocycles. The zero-order valence-electron chi connectivity index (χ0n) is 13.0. The average Bonchev–Trinajstić information content (AvgIpc) is 2.93. The molecule has 1 fully saturated rings. The molecule has 1 saturated heterocycles. The van der Waals surface area contributed by atoms with E-state index in [1.54, 1.807) is 24.3 Å². The zero-order valence-corrected chi connectivity index (χ0v) is 13.0. The summed E-state index contributed by atoms with van der Waals surface area (Å²) in [6.07, 6.45) is -0.633. The summed E-state index contributed by atoms with van der Waals surface area (Å²) in [6.45, 7) is -0.302. The van der Waals surface area contributed by atoms with E-state index in [0.29, 0.717) is 11.1 Å². The summed E-state index contributed by atoms with van der Waals surface area (Å²) in [4.78, 5) is 47.2. The van der Waals surface area contributed by atoms with Gasteiger partial charge in [-0.25, -0.2) is 9.59 Å². The summed E-state index contributed by atoms with van der Waals surface area (Å²) in [7, 11) is 1.28. The number of hydrogen-bond acceptors (Lipinski definition) is 6. The maximum Gasteiger partial charge on any atom is 0.410 e. The molecular formula is C15H17N3O6. The van der Waals surface area contributed by atoms with E-state index in [1.807, 2.05) is 0 Å². The number of carbonyl (C=O) groups is 4. The van der Waals surface area contributed by atoms with Gasteiger partial charge in [0.25, 0.3) is 0 Å². The van der Waals surface area contributed by atoms with Crippen LogP contribution in [0.25, 0.3) is 0 Å². The molecule has 0 unspecified atom stereocenters. The monoisotopic (exact) mass is 335 g/mol. The fourth-order valence-corrected chi connectivity index (χ4v) is 2.20. The van der Waals surface area contributed by atoms with E-state index in [9.17, 15) is 19.2 Å². The Morgan fingerprint density at radius 2 is 2.00 bits per heavy atom. The predicted octanol–water partition coefficient (Wildman–Crippen LogP) is -0.604. The van der Waals surface area contributed by atoms with Crippen molar-refractivity contribution in [3.05, 3.63) is 35.4 Å². The van der Waals surface area contributed by atoms with Crippen LogP contribution in [0.3, 0.4) is 0 Å². The van der Waals surface area contributed by atoms with Crippen molar-refractivity contribution in [3.63, 3.8) is 0 Å². The Morgan fingerprint density at radius 3 is 2.58 bits per heavy atom. The largest absolute Gasteiger partial charge is 0.465 e. The lowest BCUT2D eigenvalue weighted by molar-refractivity contribution is -0.127. The van der Waals surface area contributed by atoms with Crippen LogP contribution in [-0.4, -0.2) is 55.1 Å². The summed E-state index contributed by atoms with van der Waals surface area (Å²) < 4.78 is 9.50. The Kier molecular flexibility index (Phi) is 5.35. The van der Waals surface area contributed by atoms with Crippen LogP contribution in [0.15, 0.2) is 24.3 Å². The third-order valence-corrected chi connectivity index (χ3v) is 3.44. The molecule has 0 aromatic heterocycles. The van der Waals surface area contributed by atoms with Crippen LogP contribution in [0.5, 0.6) is 0 Å². The molecule has 1 atom stereocenters. The second-order valence-corrected chi connectivity index (χ2v) is 5.09. The summed E-state index contributed by atoms with van der Waals surface area (Å²) in [5.41, 5.74) is 6.05. The van der Waals surface area contributed by atoms with Crippen molar-refractivity contribution >= 4 is 23.9 Å². The smallest absolute Gasteiger partial charge is 0.410 e. The van der Waals surface area contributed by atoms with E-state index >= 15 is 0 Å². The van der Waals surface area contributed by atoms with E-state index in [1.165, 1.54) is 12.0 Å². The lowest BCUT2D eigenvalue weighted by atomic mass is 10.1. The van der Waals surface area contributed by atoms with Crippen LogP contribution >= 0.6 is 0 Å². The molecular weight excluding hydrogens is 318 g/mol. The predicted molar refractivity (Wildman–Crippen MR) is 80.7 cm³/mol. The van der Waals surface area contributed by atoms with Crippen LogP contribution in [0.4, 0.5) is 4.79 Å². The number of benzene rings is 1.